The maximum absolute atomic E-state index is 14.4. The third kappa shape index (κ3) is 4.24. The van der Waals surface area contributed by atoms with Crippen molar-refractivity contribution >= 4 is 35.0 Å². The molecule has 6 nitrogen and oxygen atoms in total. The summed E-state index contributed by atoms with van der Waals surface area (Å²) in [4.78, 5) is 31.3. The first-order valence-corrected chi connectivity index (χ1v) is 11.3. The molecule has 0 amide bonds. The number of rotatable bonds is 5. The number of nitrogens with zero attached hydrogens (tertiary/aromatic N) is 2. The fourth-order valence-corrected chi connectivity index (χ4v) is 4.92. The molecule has 9 heteroatoms. The van der Waals surface area contributed by atoms with Gasteiger partial charge in [-0.3, -0.25) is 9.36 Å². The summed E-state index contributed by atoms with van der Waals surface area (Å²) in [5, 5.41) is 0.191. The van der Waals surface area contributed by atoms with Gasteiger partial charge in [-0.25, -0.2) is 14.2 Å². The average Bonchev–Trinajstić information content (AvgIpc) is 3.10. The molecule has 0 bridgehead atoms. The molecule has 3 aromatic rings. The van der Waals surface area contributed by atoms with Gasteiger partial charge in [-0.2, -0.15) is 0 Å². The Morgan fingerprint density at radius 1 is 1.27 bits per heavy atom. The Balaban J connectivity index is 1.97. The van der Waals surface area contributed by atoms with Crippen LogP contribution in [-0.4, -0.2) is 24.3 Å². The second-order valence-electron chi connectivity index (χ2n) is 7.21. The first-order valence-electron chi connectivity index (χ1n) is 10.1. The van der Waals surface area contributed by atoms with Crippen LogP contribution >= 0.6 is 22.9 Å². The molecule has 1 aliphatic heterocycles. The van der Waals surface area contributed by atoms with Crippen LogP contribution in [0.3, 0.4) is 0 Å². The molecule has 4 rings (SSSR count). The largest absolute Gasteiger partial charge is 0.497 e. The van der Waals surface area contributed by atoms with Crippen LogP contribution in [0.15, 0.2) is 63.5 Å². The topological polar surface area (TPSA) is 69.9 Å². The van der Waals surface area contributed by atoms with Crippen LogP contribution in [0.25, 0.3) is 6.08 Å². The molecular weight excluding hydrogens is 467 g/mol. The SMILES string of the molecule is CCOC(=O)C1=C(C)N=c2s/c(=C\c3c(F)cccc3Cl)c(=O)n2[C@@H]1c1ccc(OC)cc1. The van der Waals surface area contributed by atoms with Crippen molar-refractivity contribution in [3.05, 3.63) is 95.4 Å². The van der Waals surface area contributed by atoms with Gasteiger partial charge in [-0.15, -0.1) is 0 Å². The van der Waals surface area contributed by atoms with Crippen LogP contribution in [0.5, 0.6) is 5.75 Å². The van der Waals surface area contributed by atoms with Gasteiger partial charge in [0, 0.05) is 5.56 Å². The number of thiazole rings is 1. The highest BCUT2D eigenvalue weighted by atomic mass is 35.5. The number of fused-ring (bicyclic) bond motifs is 1. The van der Waals surface area contributed by atoms with Crippen molar-refractivity contribution in [1.82, 2.24) is 4.57 Å². The molecule has 0 saturated carbocycles. The van der Waals surface area contributed by atoms with Gasteiger partial charge in [-0.05, 0) is 49.8 Å². The van der Waals surface area contributed by atoms with E-state index in [1.807, 2.05) is 0 Å². The minimum atomic E-state index is -0.760. The van der Waals surface area contributed by atoms with E-state index >= 15 is 0 Å². The van der Waals surface area contributed by atoms with Gasteiger partial charge in [-0.1, -0.05) is 41.1 Å². The van der Waals surface area contributed by atoms with Crippen LogP contribution in [0.2, 0.25) is 5.02 Å². The van der Waals surface area contributed by atoms with Crippen molar-refractivity contribution in [2.24, 2.45) is 4.99 Å². The van der Waals surface area contributed by atoms with Crippen LogP contribution in [0, 0.1) is 5.82 Å². The van der Waals surface area contributed by atoms with E-state index in [2.05, 4.69) is 4.99 Å². The van der Waals surface area contributed by atoms with E-state index in [0.717, 1.165) is 11.3 Å². The number of carbonyl (C=O) groups excluding carboxylic acids is 1. The summed E-state index contributed by atoms with van der Waals surface area (Å²) < 4.78 is 26.5. The Hall–Kier alpha value is -3.23. The lowest BCUT2D eigenvalue weighted by Crippen LogP contribution is -2.39. The van der Waals surface area contributed by atoms with Crippen LogP contribution in [0.1, 0.15) is 31.0 Å². The van der Waals surface area contributed by atoms with Gasteiger partial charge in [0.2, 0.25) is 0 Å². The molecule has 2 heterocycles. The van der Waals surface area contributed by atoms with E-state index in [9.17, 15) is 14.0 Å². The molecule has 1 aliphatic rings. The summed E-state index contributed by atoms with van der Waals surface area (Å²) in [6, 6.07) is 10.6. The predicted molar refractivity (Wildman–Crippen MR) is 125 cm³/mol. The van der Waals surface area contributed by atoms with E-state index in [1.54, 1.807) is 51.3 Å². The number of carbonyl (C=O) groups is 1. The lowest BCUT2D eigenvalue weighted by molar-refractivity contribution is -0.139. The molecular formula is C24H20ClFN2O4S. The average molecular weight is 487 g/mol. The van der Waals surface area contributed by atoms with Crippen molar-refractivity contribution in [3.63, 3.8) is 0 Å². The maximum atomic E-state index is 14.4. The second kappa shape index (κ2) is 9.33. The van der Waals surface area contributed by atoms with Crippen molar-refractivity contribution in [1.29, 1.82) is 0 Å². The van der Waals surface area contributed by atoms with E-state index < -0.39 is 23.4 Å². The molecule has 33 heavy (non-hydrogen) atoms. The van der Waals surface area contributed by atoms with E-state index in [0.29, 0.717) is 21.8 Å². The maximum Gasteiger partial charge on any atom is 0.338 e. The summed E-state index contributed by atoms with van der Waals surface area (Å²) >= 11 is 7.26. The summed E-state index contributed by atoms with van der Waals surface area (Å²) in [6.07, 6.45) is 1.41. The molecule has 0 fully saturated rings. The Bertz CT molecular complexity index is 1420. The van der Waals surface area contributed by atoms with Crippen molar-refractivity contribution < 1.29 is 18.7 Å². The molecule has 0 radical (unpaired) electrons. The third-order valence-electron chi connectivity index (χ3n) is 5.22. The molecule has 0 saturated heterocycles. The zero-order chi connectivity index (χ0) is 23.7. The number of esters is 1. The van der Waals surface area contributed by atoms with Gasteiger partial charge in [0.05, 0.1) is 40.6 Å². The van der Waals surface area contributed by atoms with Gasteiger partial charge in [0.25, 0.3) is 5.56 Å². The van der Waals surface area contributed by atoms with Crippen molar-refractivity contribution in [2.45, 2.75) is 19.9 Å². The standard InChI is InChI=1S/C24H20ClFN2O4S/c1-4-32-23(30)20-13(2)27-24-28(21(20)14-8-10-15(31-3)11-9-14)22(29)19(33-24)12-16-17(25)6-5-7-18(16)26/h5-12,21H,4H2,1-3H3/b19-12-/t21-/m1/s1. The van der Waals surface area contributed by atoms with Crippen molar-refractivity contribution in [2.75, 3.05) is 13.7 Å². The lowest BCUT2D eigenvalue weighted by Gasteiger charge is -2.24. The summed E-state index contributed by atoms with van der Waals surface area (Å²) in [5.74, 6) is -0.451. The van der Waals surface area contributed by atoms with Crippen molar-refractivity contribution in [3.8, 4) is 5.75 Å². The van der Waals surface area contributed by atoms with Gasteiger partial charge >= 0.3 is 5.97 Å². The second-order valence-corrected chi connectivity index (χ2v) is 8.63. The highest BCUT2D eigenvalue weighted by molar-refractivity contribution is 7.07. The molecule has 0 unspecified atom stereocenters. The number of ether oxygens (including phenoxy) is 2. The first kappa shape index (κ1) is 22.9. The Morgan fingerprint density at radius 2 is 2.00 bits per heavy atom. The molecule has 1 atom stereocenters. The first-order chi connectivity index (χ1) is 15.8. The molecule has 0 spiro atoms. The summed E-state index contributed by atoms with van der Waals surface area (Å²) in [7, 11) is 1.56. The summed E-state index contributed by atoms with van der Waals surface area (Å²) in [6.45, 7) is 3.60. The zero-order valence-corrected chi connectivity index (χ0v) is 19.7. The number of aromatic nitrogens is 1. The van der Waals surface area contributed by atoms with Gasteiger partial charge in [0.1, 0.15) is 11.6 Å². The molecule has 1 aromatic heterocycles. The molecule has 0 aliphatic carbocycles. The highest BCUT2D eigenvalue weighted by Gasteiger charge is 2.33. The number of benzene rings is 2. The number of allylic oxidation sites excluding steroid dienone is 1. The van der Waals surface area contributed by atoms with E-state index in [1.165, 1.54) is 22.8 Å². The molecule has 170 valence electrons. The predicted octanol–water partition coefficient (Wildman–Crippen LogP) is 3.60. The fourth-order valence-electron chi connectivity index (χ4n) is 3.67. The van der Waals surface area contributed by atoms with Crippen LogP contribution in [0.4, 0.5) is 4.39 Å². The monoisotopic (exact) mass is 486 g/mol. The number of methoxy groups -OCH3 is 1. The fraction of sp³-hybridized carbons (Fsp3) is 0.208. The lowest BCUT2D eigenvalue weighted by atomic mass is 9.96. The van der Waals surface area contributed by atoms with Gasteiger partial charge < -0.3 is 9.47 Å². The highest BCUT2D eigenvalue weighted by Crippen LogP contribution is 2.31. The Labute approximate surface area is 197 Å². The zero-order valence-electron chi connectivity index (χ0n) is 18.1. The number of halogens is 2. The summed E-state index contributed by atoms with van der Waals surface area (Å²) in [5.41, 5.74) is 1.11. The van der Waals surface area contributed by atoms with E-state index in [-0.39, 0.29) is 27.3 Å². The Morgan fingerprint density at radius 3 is 2.64 bits per heavy atom. The Kier molecular flexibility index (Phi) is 6.49. The van der Waals surface area contributed by atoms with Gasteiger partial charge in [0.15, 0.2) is 4.80 Å². The smallest absolute Gasteiger partial charge is 0.338 e. The van der Waals surface area contributed by atoms with E-state index in [4.69, 9.17) is 21.1 Å². The quantitative estimate of drug-likeness (QED) is 0.517. The van der Waals surface area contributed by atoms with Crippen LogP contribution in [-0.2, 0) is 9.53 Å². The minimum absolute atomic E-state index is 0.117. The normalized spacial score (nSPS) is 15.8. The number of hydrogen-bond acceptors (Lipinski definition) is 6. The molecule has 0 N–H and O–H groups in total. The molecule has 2 aromatic carbocycles. The third-order valence-corrected chi connectivity index (χ3v) is 6.54. The minimum Gasteiger partial charge on any atom is -0.497 e. The number of hydrogen-bond donors (Lipinski definition) is 0. The van der Waals surface area contributed by atoms with Crippen LogP contribution < -0.4 is 19.6 Å².